The molecule has 0 unspecified atom stereocenters. The zero-order valence-corrected chi connectivity index (χ0v) is 16.9. The highest BCUT2D eigenvalue weighted by Crippen LogP contribution is 2.35. The van der Waals surface area contributed by atoms with Gasteiger partial charge >= 0.3 is 0 Å². The molecular weight excluding hydrogens is 352 g/mol. The van der Waals surface area contributed by atoms with Crippen LogP contribution in [0.25, 0.3) is 10.8 Å². The van der Waals surface area contributed by atoms with Crippen LogP contribution in [0, 0.1) is 0 Å². The average molecular weight is 381 g/mol. The third kappa shape index (κ3) is 3.07. The zero-order valence-electron chi connectivity index (χ0n) is 16.9. The van der Waals surface area contributed by atoms with Crippen LogP contribution in [0.1, 0.15) is 24.0 Å². The molecule has 2 atom stereocenters. The summed E-state index contributed by atoms with van der Waals surface area (Å²) >= 11 is 0. The molecule has 3 aliphatic heterocycles. The monoisotopic (exact) mass is 380 g/mol. The Labute approximate surface area is 173 Å². The SMILES string of the molecule is C1=C\C[C@H]2CN(c3ccc4ccccc4c3)[C@@H](C/1)CN2C1Cc2ccccc2C1. The fourth-order valence-electron chi connectivity index (χ4n) is 5.78. The first-order valence-electron chi connectivity index (χ1n) is 11.1. The molecule has 3 heterocycles. The van der Waals surface area contributed by atoms with E-state index in [1.54, 1.807) is 11.1 Å². The van der Waals surface area contributed by atoms with E-state index in [1.807, 2.05) is 0 Å². The molecule has 0 amide bonds. The number of piperazine rings is 1. The van der Waals surface area contributed by atoms with Crippen molar-refractivity contribution in [2.45, 2.75) is 43.8 Å². The minimum absolute atomic E-state index is 0.563. The second-order valence-corrected chi connectivity index (χ2v) is 8.96. The maximum absolute atomic E-state index is 2.85. The molecule has 29 heavy (non-hydrogen) atoms. The van der Waals surface area contributed by atoms with Gasteiger partial charge in [0, 0.05) is 36.9 Å². The molecule has 1 aliphatic carbocycles. The molecule has 0 saturated carbocycles. The summed E-state index contributed by atoms with van der Waals surface area (Å²) in [7, 11) is 0. The fraction of sp³-hybridized carbons (Fsp3) is 0.333. The van der Waals surface area contributed by atoms with Crippen molar-refractivity contribution in [2.24, 2.45) is 0 Å². The largest absolute Gasteiger partial charge is 0.365 e. The van der Waals surface area contributed by atoms with Gasteiger partial charge in [-0.15, -0.1) is 0 Å². The van der Waals surface area contributed by atoms with E-state index in [0.717, 1.165) is 13.0 Å². The van der Waals surface area contributed by atoms with Gasteiger partial charge in [-0.3, -0.25) is 4.90 Å². The minimum atomic E-state index is 0.563. The molecule has 0 radical (unpaired) electrons. The molecule has 0 N–H and O–H groups in total. The van der Waals surface area contributed by atoms with E-state index < -0.39 is 0 Å². The van der Waals surface area contributed by atoms with Gasteiger partial charge in [-0.25, -0.2) is 0 Å². The van der Waals surface area contributed by atoms with Crippen molar-refractivity contribution in [3.05, 3.63) is 90.0 Å². The first-order valence-corrected chi connectivity index (χ1v) is 11.1. The van der Waals surface area contributed by atoms with Gasteiger partial charge in [-0.1, -0.05) is 66.7 Å². The van der Waals surface area contributed by atoms with Gasteiger partial charge in [0.1, 0.15) is 0 Å². The topological polar surface area (TPSA) is 6.48 Å². The van der Waals surface area contributed by atoms with Crippen LogP contribution in [0.5, 0.6) is 0 Å². The molecule has 0 spiro atoms. The maximum atomic E-state index is 2.85. The Morgan fingerprint density at radius 1 is 0.621 bits per heavy atom. The molecule has 3 aromatic rings. The van der Waals surface area contributed by atoms with E-state index in [4.69, 9.17) is 0 Å². The summed E-state index contributed by atoms with van der Waals surface area (Å²) in [5.74, 6) is 0. The van der Waals surface area contributed by atoms with Gasteiger partial charge in [-0.05, 0) is 59.7 Å². The molecule has 3 aromatic carbocycles. The Balaban J connectivity index is 1.29. The maximum Gasteiger partial charge on any atom is 0.0452 e. The number of fused-ring (bicyclic) bond motifs is 6. The van der Waals surface area contributed by atoms with Crippen molar-refractivity contribution in [3.63, 3.8) is 0 Å². The van der Waals surface area contributed by atoms with E-state index in [-0.39, 0.29) is 0 Å². The summed E-state index contributed by atoms with van der Waals surface area (Å²) in [6, 6.07) is 26.6. The summed E-state index contributed by atoms with van der Waals surface area (Å²) in [6.07, 6.45) is 9.62. The Bertz CT molecular complexity index is 1040. The van der Waals surface area contributed by atoms with E-state index in [0.29, 0.717) is 18.1 Å². The summed E-state index contributed by atoms with van der Waals surface area (Å²) in [5, 5.41) is 2.68. The van der Waals surface area contributed by atoms with E-state index in [2.05, 4.69) is 88.7 Å². The van der Waals surface area contributed by atoms with Crippen LogP contribution in [0.15, 0.2) is 78.9 Å². The summed E-state index contributed by atoms with van der Waals surface area (Å²) in [4.78, 5) is 5.55. The van der Waals surface area contributed by atoms with Crippen molar-refractivity contribution >= 4 is 16.5 Å². The average Bonchev–Trinajstić information content (AvgIpc) is 3.17. The van der Waals surface area contributed by atoms with Gasteiger partial charge in [-0.2, -0.15) is 0 Å². The Kier molecular flexibility index (Phi) is 4.19. The Morgan fingerprint density at radius 3 is 2.10 bits per heavy atom. The molecule has 2 heteroatoms. The van der Waals surface area contributed by atoms with Gasteiger partial charge < -0.3 is 4.90 Å². The molecule has 0 aromatic heterocycles. The molecule has 7 rings (SSSR count). The summed E-state index contributed by atoms with van der Waals surface area (Å²) in [6.45, 7) is 2.32. The van der Waals surface area contributed by atoms with Gasteiger partial charge in [0.2, 0.25) is 0 Å². The Hall–Kier alpha value is -2.58. The quantitative estimate of drug-likeness (QED) is 0.563. The number of hydrogen-bond donors (Lipinski definition) is 0. The van der Waals surface area contributed by atoms with Crippen molar-refractivity contribution in [1.82, 2.24) is 4.90 Å². The van der Waals surface area contributed by atoms with E-state index >= 15 is 0 Å². The molecule has 1 saturated heterocycles. The lowest BCUT2D eigenvalue weighted by Crippen LogP contribution is -2.61. The lowest BCUT2D eigenvalue weighted by Gasteiger charge is -2.50. The predicted octanol–water partition coefficient (Wildman–Crippen LogP) is 5.22. The molecule has 146 valence electrons. The van der Waals surface area contributed by atoms with Crippen LogP contribution >= 0.6 is 0 Å². The highest BCUT2D eigenvalue weighted by molar-refractivity contribution is 5.86. The summed E-state index contributed by atoms with van der Waals surface area (Å²) < 4.78 is 0. The van der Waals surface area contributed by atoms with E-state index in [1.165, 1.54) is 42.3 Å². The number of rotatable bonds is 2. The first kappa shape index (κ1) is 17.3. The van der Waals surface area contributed by atoms with Crippen LogP contribution in [0.4, 0.5) is 5.69 Å². The number of hydrogen-bond acceptors (Lipinski definition) is 2. The zero-order chi connectivity index (χ0) is 19.2. The molecule has 4 aliphatic rings. The van der Waals surface area contributed by atoms with Gasteiger partial charge in [0.25, 0.3) is 0 Å². The molecular formula is C27H28N2. The highest BCUT2D eigenvalue weighted by atomic mass is 15.3. The number of anilines is 1. The second kappa shape index (κ2) is 7.03. The van der Waals surface area contributed by atoms with Crippen molar-refractivity contribution < 1.29 is 0 Å². The molecule has 2 nitrogen and oxygen atoms in total. The third-order valence-electron chi connectivity index (χ3n) is 7.28. The van der Waals surface area contributed by atoms with Gasteiger partial charge in [0.05, 0.1) is 0 Å². The highest BCUT2D eigenvalue weighted by Gasteiger charge is 2.39. The lowest BCUT2D eigenvalue weighted by atomic mass is 9.94. The third-order valence-corrected chi connectivity index (χ3v) is 7.28. The predicted molar refractivity (Wildman–Crippen MR) is 122 cm³/mol. The first-order chi connectivity index (χ1) is 14.3. The van der Waals surface area contributed by atoms with Crippen LogP contribution in [-0.4, -0.2) is 36.1 Å². The normalized spacial score (nSPS) is 25.7. The van der Waals surface area contributed by atoms with Crippen molar-refractivity contribution in [1.29, 1.82) is 0 Å². The van der Waals surface area contributed by atoms with Gasteiger partial charge in [0.15, 0.2) is 0 Å². The number of benzene rings is 3. The number of nitrogens with zero attached hydrogens (tertiary/aromatic N) is 2. The van der Waals surface area contributed by atoms with Crippen LogP contribution < -0.4 is 4.90 Å². The van der Waals surface area contributed by atoms with Crippen LogP contribution in [0.3, 0.4) is 0 Å². The molecule has 1 fully saturated rings. The smallest absolute Gasteiger partial charge is 0.0452 e. The Morgan fingerprint density at radius 2 is 1.31 bits per heavy atom. The minimum Gasteiger partial charge on any atom is -0.365 e. The fourth-order valence-corrected chi connectivity index (χ4v) is 5.78. The van der Waals surface area contributed by atoms with Crippen LogP contribution in [0.2, 0.25) is 0 Å². The standard InChI is InChI=1S/C27H28N2/c1-2-8-21-15-24(14-13-20(21)7-1)28-18-26-12-6-5-11-25(28)19-29(26)27-16-22-9-3-4-10-23(22)17-27/h1-10,13-15,25-27H,11-12,16-19H2/b6-5-/t25-,26-/m0/s1. The summed E-state index contributed by atoms with van der Waals surface area (Å²) in [5.41, 5.74) is 4.53. The van der Waals surface area contributed by atoms with Crippen molar-refractivity contribution in [3.8, 4) is 0 Å². The van der Waals surface area contributed by atoms with Crippen LogP contribution in [-0.2, 0) is 12.8 Å². The van der Waals surface area contributed by atoms with E-state index in [9.17, 15) is 0 Å². The second-order valence-electron chi connectivity index (χ2n) is 8.96. The van der Waals surface area contributed by atoms with Crippen molar-refractivity contribution in [2.75, 3.05) is 18.0 Å². The molecule has 2 bridgehead atoms. The lowest BCUT2D eigenvalue weighted by molar-refractivity contribution is 0.0996.